The van der Waals surface area contributed by atoms with Gasteiger partial charge in [0.05, 0.1) is 15.4 Å². The van der Waals surface area contributed by atoms with E-state index in [4.69, 9.17) is 42.1 Å². The van der Waals surface area contributed by atoms with Crippen molar-refractivity contribution < 1.29 is 33.2 Å². The number of aromatic nitrogens is 2. The number of esters is 1. The lowest BCUT2D eigenvalue weighted by atomic mass is 9.92. The van der Waals surface area contributed by atoms with E-state index in [2.05, 4.69) is 26.8 Å². The van der Waals surface area contributed by atoms with Gasteiger partial charge in [0.15, 0.2) is 5.75 Å². The number of benzene rings is 3. The predicted octanol–water partition coefficient (Wildman–Crippen LogP) is 8.51. The van der Waals surface area contributed by atoms with Gasteiger partial charge >= 0.3 is 5.97 Å². The van der Waals surface area contributed by atoms with Crippen LogP contribution in [0.1, 0.15) is 37.5 Å². The number of fused-ring (bicyclic) bond motifs is 7. The number of thiophene rings is 1. The smallest absolute Gasteiger partial charge is 0.348 e. The van der Waals surface area contributed by atoms with Crippen molar-refractivity contribution in [3.05, 3.63) is 81.3 Å². The van der Waals surface area contributed by atoms with Gasteiger partial charge in [-0.2, -0.15) is 0 Å². The molecule has 0 amide bonds. The molecule has 3 aromatic carbocycles. The Bertz CT molecular complexity index is 2210. The summed E-state index contributed by atoms with van der Waals surface area (Å²) in [5, 5.41) is 12.2. The highest BCUT2D eigenvalue weighted by Crippen LogP contribution is 2.53. The van der Waals surface area contributed by atoms with Crippen LogP contribution in [0.5, 0.6) is 23.1 Å². The number of halogens is 3. The fourth-order valence-electron chi connectivity index (χ4n) is 6.94. The maximum atomic E-state index is 14.3. The molecule has 0 saturated carbocycles. The topological polar surface area (TPSA) is 106 Å². The van der Waals surface area contributed by atoms with E-state index in [1.165, 1.54) is 35.9 Å². The van der Waals surface area contributed by atoms with Crippen LogP contribution >= 0.6 is 34.5 Å². The maximum absolute atomic E-state index is 14.3. The molecule has 2 atom stereocenters. The zero-order valence-corrected chi connectivity index (χ0v) is 33.9. The van der Waals surface area contributed by atoms with E-state index in [9.17, 15) is 14.3 Å². The summed E-state index contributed by atoms with van der Waals surface area (Å²) in [4.78, 5) is 29.0. The van der Waals surface area contributed by atoms with Crippen LogP contribution in [0.15, 0.2) is 48.8 Å². The van der Waals surface area contributed by atoms with Crippen LogP contribution in [-0.4, -0.2) is 95.0 Å². The molecule has 10 nitrogen and oxygen atoms in total. The van der Waals surface area contributed by atoms with Gasteiger partial charge in [-0.05, 0) is 94.3 Å². The van der Waals surface area contributed by atoms with Crippen LogP contribution < -0.4 is 14.2 Å². The summed E-state index contributed by atoms with van der Waals surface area (Å²) in [5.74, 6) is -0.174. The molecule has 4 bridgehead atoms. The first-order chi connectivity index (χ1) is 26.2. The van der Waals surface area contributed by atoms with Gasteiger partial charge in [-0.1, -0.05) is 35.3 Å². The molecule has 1 saturated heterocycles. The van der Waals surface area contributed by atoms with Gasteiger partial charge in [-0.3, -0.25) is 4.90 Å². The standard InChI is InChI=1S/C41H43Cl2FN4O6S/c1-22-31-23(2)35(43)36(34(22)42)52-28(19-48-15-13-47(6)14-16-48)20-51-27-11-12-29(49)25(17-27)18-30(40(50)54-41(3,4)5)53-38-33-32(31)37(55-39(33)46-21-45-38)24-7-9-26(44)10-8-24/h7-12,17,21,28,30,49H,13-16,18-20H2,1-6H3. The lowest BCUT2D eigenvalue weighted by molar-refractivity contribution is -0.163. The van der Waals surface area contributed by atoms with Gasteiger partial charge in [0, 0.05) is 55.1 Å². The number of aromatic hydroxyl groups is 1. The number of likely N-dealkylation sites (N-methyl/N-ethyl adjacent to an activating group) is 1. The van der Waals surface area contributed by atoms with E-state index in [0.29, 0.717) is 66.1 Å². The number of nitrogens with zero attached hydrogens (tertiary/aromatic N) is 4. The summed E-state index contributed by atoms with van der Waals surface area (Å²) < 4.78 is 39.8. The normalized spacial score (nSPS) is 18.3. The molecule has 1 N–H and O–H groups in total. The highest BCUT2D eigenvalue weighted by Gasteiger charge is 2.33. The van der Waals surface area contributed by atoms with Crippen LogP contribution in [-0.2, 0) is 16.0 Å². The molecule has 0 spiro atoms. The largest absolute Gasteiger partial charge is 0.508 e. The number of phenols is 1. The minimum absolute atomic E-state index is 0.0438. The minimum atomic E-state index is -1.25. The molecule has 2 aromatic heterocycles. The second-order valence-corrected chi connectivity index (χ2v) is 16.8. The lowest BCUT2D eigenvalue weighted by Crippen LogP contribution is -2.49. The van der Waals surface area contributed by atoms with Crippen molar-refractivity contribution >= 4 is 50.7 Å². The molecule has 5 heterocycles. The van der Waals surface area contributed by atoms with Gasteiger partial charge in [0.2, 0.25) is 12.0 Å². The van der Waals surface area contributed by atoms with E-state index in [-0.39, 0.29) is 30.5 Å². The molecule has 3 aliphatic rings. The molecule has 14 heteroatoms. The fourth-order valence-corrected chi connectivity index (χ4v) is 8.60. The molecule has 0 aliphatic carbocycles. The van der Waals surface area contributed by atoms with Crippen molar-refractivity contribution in [1.29, 1.82) is 0 Å². The Balaban J connectivity index is 1.47. The summed E-state index contributed by atoms with van der Waals surface area (Å²) in [6.07, 6.45) is -0.449. The Morgan fingerprint density at radius 2 is 1.69 bits per heavy atom. The van der Waals surface area contributed by atoms with Crippen molar-refractivity contribution in [2.45, 2.75) is 58.8 Å². The molecule has 55 heavy (non-hydrogen) atoms. The monoisotopic (exact) mass is 808 g/mol. The van der Waals surface area contributed by atoms with Gasteiger partial charge in [0.25, 0.3) is 0 Å². The second kappa shape index (κ2) is 15.7. The Kier molecular flexibility index (Phi) is 11.2. The zero-order chi connectivity index (χ0) is 39.2. The minimum Gasteiger partial charge on any atom is -0.508 e. The fraction of sp³-hybridized carbons (Fsp3) is 0.390. The third kappa shape index (κ3) is 8.34. The summed E-state index contributed by atoms with van der Waals surface area (Å²) in [6.45, 7) is 13.3. The predicted molar refractivity (Wildman–Crippen MR) is 214 cm³/mol. The highest BCUT2D eigenvalue weighted by atomic mass is 35.5. The third-order valence-electron chi connectivity index (χ3n) is 9.78. The number of rotatable bonds is 4. The number of carbonyl (C=O) groups excluding carboxylic acids is 1. The SMILES string of the molecule is Cc1c(Cl)c2c(Cl)c(C)c1-c1c(-c3ccc(F)cc3)sc3ncnc(c13)OC(C(=O)OC(C)(C)C)Cc1cc(ccc1O)OCC(CN1CCN(C)CC1)O2. The van der Waals surface area contributed by atoms with Crippen molar-refractivity contribution in [1.82, 2.24) is 19.8 Å². The van der Waals surface area contributed by atoms with Gasteiger partial charge in [-0.25, -0.2) is 19.2 Å². The van der Waals surface area contributed by atoms with Crippen LogP contribution in [0.25, 0.3) is 31.8 Å². The van der Waals surface area contributed by atoms with E-state index in [1.54, 1.807) is 45.0 Å². The van der Waals surface area contributed by atoms with E-state index >= 15 is 0 Å². The summed E-state index contributed by atoms with van der Waals surface area (Å²) in [7, 11) is 2.10. The number of piperazine rings is 1. The van der Waals surface area contributed by atoms with Crippen molar-refractivity contribution in [3.8, 4) is 44.7 Å². The van der Waals surface area contributed by atoms with E-state index in [1.807, 2.05) is 13.8 Å². The second-order valence-electron chi connectivity index (χ2n) is 15.0. The average molecular weight is 810 g/mol. The molecule has 1 fully saturated rings. The molecular weight excluding hydrogens is 766 g/mol. The quantitative estimate of drug-likeness (QED) is 0.178. The molecule has 290 valence electrons. The van der Waals surface area contributed by atoms with E-state index in [0.717, 1.165) is 36.6 Å². The molecule has 2 unspecified atom stereocenters. The first-order valence-corrected chi connectivity index (χ1v) is 19.7. The summed E-state index contributed by atoms with van der Waals surface area (Å²) in [6, 6.07) is 11.0. The highest BCUT2D eigenvalue weighted by molar-refractivity contribution is 7.22. The molecule has 3 aliphatic heterocycles. The Hall–Kier alpha value is -4.20. The van der Waals surface area contributed by atoms with Crippen LogP contribution in [0.4, 0.5) is 4.39 Å². The van der Waals surface area contributed by atoms with Crippen molar-refractivity contribution in [2.75, 3.05) is 46.4 Å². The Morgan fingerprint density at radius 1 is 1.00 bits per heavy atom. The van der Waals surface area contributed by atoms with Gasteiger partial charge in [0.1, 0.15) is 46.8 Å². The van der Waals surface area contributed by atoms with Crippen LogP contribution in [0.2, 0.25) is 10.0 Å². The number of ether oxygens (including phenoxy) is 4. The third-order valence-corrected chi connectivity index (χ3v) is 11.8. The average Bonchev–Trinajstić information content (AvgIpc) is 3.52. The number of hydrogen-bond acceptors (Lipinski definition) is 11. The number of hydrogen-bond donors (Lipinski definition) is 1. The maximum Gasteiger partial charge on any atom is 0.348 e. The number of carbonyl (C=O) groups is 1. The molecule has 8 rings (SSSR count). The van der Waals surface area contributed by atoms with E-state index < -0.39 is 23.8 Å². The van der Waals surface area contributed by atoms with Crippen LogP contribution in [0.3, 0.4) is 0 Å². The Morgan fingerprint density at radius 3 is 2.36 bits per heavy atom. The Labute approximate surface area is 333 Å². The zero-order valence-electron chi connectivity index (χ0n) is 31.5. The van der Waals surface area contributed by atoms with Gasteiger partial charge in [-0.15, -0.1) is 11.3 Å². The lowest BCUT2D eigenvalue weighted by Gasteiger charge is -2.35. The van der Waals surface area contributed by atoms with Gasteiger partial charge < -0.3 is 29.0 Å². The van der Waals surface area contributed by atoms with Crippen molar-refractivity contribution in [3.63, 3.8) is 0 Å². The summed E-state index contributed by atoms with van der Waals surface area (Å²) in [5.41, 5.74) is 3.00. The first kappa shape index (κ1) is 39.1. The first-order valence-electron chi connectivity index (χ1n) is 18.1. The molecular formula is C41H43Cl2FN4O6S. The van der Waals surface area contributed by atoms with Crippen molar-refractivity contribution in [2.24, 2.45) is 0 Å². The molecule has 0 radical (unpaired) electrons. The number of phenolic OH excluding ortho intramolecular Hbond substituents is 1. The van der Waals surface area contributed by atoms with Crippen LogP contribution in [0, 0.1) is 19.7 Å². The summed E-state index contributed by atoms with van der Waals surface area (Å²) >= 11 is 15.9. The molecule has 5 aromatic rings.